The van der Waals surface area contributed by atoms with Crippen molar-refractivity contribution in [1.29, 1.82) is 0 Å². The highest BCUT2D eigenvalue weighted by Gasteiger charge is 2.62. The standard InChI is InChI=1S/C39H59NO2/c1-27(2)13-12-14-28(3)32-17-18-33-36-34(20-22-39(32,33)5)38(4)21-19-31(42-37(41)29-15-8-6-9-16-29)25-30(38)26-35(36)40-23-10-7-11-24-40/h6,8-9,15-16,26-28,31-36H,7,10-14,17-25H2,1-5H3/t28-,31+,32-,33+,34-,35+,36+,38-,39+/m0/s1. The molecule has 0 bridgehead atoms. The van der Waals surface area contributed by atoms with Gasteiger partial charge in [0.25, 0.3) is 0 Å². The molecule has 0 amide bonds. The van der Waals surface area contributed by atoms with Crippen LogP contribution in [0.2, 0.25) is 0 Å². The lowest BCUT2D eigenvalue weighted by Gasteiger charge is -2.62. The molecule has 3 heteroatoms. The zero-order valence-corrected chi connectivity index (χ0v) is 27.5. The molecule has 0 spiro atoms. The molecule has 1 aliphatic heterocycles. The molecule has 4 aliphatic carbocycles. The average molecular weight is 574 g/mol. The second-order valence-corrected chi connectivity index (χ2v) is 16.2. The van der Waals surface area contributed by atoms with E-state index in [9.17, 15) is 4.79 Å². The van der Waals surface area contributed by atoms with Gasteiger partial charge in [0, 0.05) is 12.5 Å². The zero-order chi connectivity index (χ0) is 29.5. The Morgan fingerprint density at radius 2 is 1.69 bits per heavy atom. The lowest BCUT2D eigenvalue weighted by atomic mass is 9.45. The fraction of sp³-hybridized carbons (Fsp3) is 0.769. The van der Waals surface area contributed by atoms with Crippen molar-refractivity contribution < 1.29 is 9.53 Å². The number of benzene rings is 1. The summed E-state index contributed by atoms with van der Waals surface area (Å²) in [7, 11) is 0. The van der Waals surface area contributed by atoms with E-state index in [0.717, 1.165) is 54.8 Å². The largest absolute Gasteiger partial charge is 0.458 e. The van der Waals surface area contributed by atoms with Crippen molar-refractivity contribution in [2.75, 3.05) is 13.1 Å². The Hall–Kier alpha value is -1.61. The third kappa shape index (κ3) is 5.66. The van der Waals surface area contributed by atoms with E-state index in [-0.39, 0.29) is 17.5 Å². The minimum atomic E-state index is -0.154. The number of nitrogens with zero attached hydrogens (tertiary/aromatic N) is 1. The number of ether oxygens (including phenoxy) is 1. The van der Waals surface area contributed by atoms with Crippen molar-refractivity contribution in [3.8, 4) is 0 Å². The van der Waals surface area contributed by atoms with E-state index in [1.54, 1.807) is 5.57 Å². The molecule has 9 atom stereocenters. The molecular formula is C39H59NO2. The molecule has 5 aliphatic rings. The van der Waals surface area contributed by atoms with Gasteiger partial charge in [0.05, 0.1) is 5.56 Å². The summed E-state index contributed by atoms with van der Waals surface area (Å²) in [5.74, 6) is 4.82. The topological polar surface area (TPSA) is 29.5 Å². The maximum atomic E-state index is 13.0. The summed E-state index contributed by atoms with van der Waals surface area (Å²) >= 11 is 0. The molecule has 0 unspecified atom stereocenters. The number of hydrogen-bond donors (Lipinski definition) is 0. The Morgan fingerprint density at radius 1 is 0.929 bits per heavy atom. The highest BCUT2D eigenvalue weighted by atomic mass is 16.5. The van der Waals surface area contributed by atoms with Crippen molar-refractivity contribution in [3.05, 3.63) is 47.5 Å². The van der Waals surface area contributed by atoms with E-state index in [1.165, 1.54) is 77.3 Å². The highest BCUT2D eigenvalue weighted by molar-refractivity contribution is 5.89. The Labute approximate surface area is 257 Å². The zero-order valence-electron chi connectivity index (χ0n) is 27.5. The summed E-state index contributed by atoms with van der Waals surface area (Å²) < 4.78 is 6.17. The van der Waals surface area contributed by atoms with Gasteiger partial charge in [-0.2, -0.15) is 0 Å². The summed E-state index contributed by atoms with van der Waals surface area (Å²) in [4.78, 5) is 15.9. The number of piperidine rings is 1. The molecule has 1 heterocycles. The van der Waals surface area contributed by atoms with Crippen LogP contribution in [0.4, 0.5) is 0 Å². The van der Waals surface area contributed by atoms with Crippen molar-refractivity contribution in [1.82, 2.24) is 4.90 Å². The van der Waals surface area contributed by atoms with E-state index < -0.39 is 0 Å². The minimum absolute atomic E-state index is 0.00648. The van der Waals surface area contributed by atoms with Gasteiger partial charge in [0.15, 0.2) is 0 Å². The van der Waals surface area contributed by atoms with Gasteiger partial charge in [-0.15, -0.1) is 0 Å². The van der Waals surface area contributed by atoms with E-state index >= 15 is 0 Å². The molecule has 4 fully saturated rings. The van der Waals surface area contributed by atoms with Crippen LogP contribution in [0.5, 0.6) is 0 Å². The minimum Gasteiger partial charge on any atom is -0.458 e. The predicted molar refractivity (Wildman–Crippen MR) is 173 cm³/mol. The average Bonchev–Trinajstić information content (AvgIpc) is 3.35. The molecule has 6 rings (SSSR count). The summed E-state index contributed by atoms with van der Waals surface area (Å²) in [5.41, 5.74) is 3.05. The van der Waals surface area contributed by atoms with Crippen molar-refractivity contribution in [3.63, 3.8) is 0 Å². The van der Waals surface area contributed by atoms with Crippen LogP contribution in [0, 0.1) is 46.3 Å². The van der Waals surface area contributed by atoms with Crippen LogP contribution >= 0.6 is 0 Å². The summed E-state index contributed by atoms with van der Waals surface area (Å²) in [5, 5.41) is 0. The Kier molecular flexibility index (Phi) is 8.99. The van der Waals surface area contributed by atoms with Crippen molar-refractivity contribution in [2.45, 2.75) is 130 Å². The van der Waals surface area contributed by atoms with Gasteiger partial charge in [-0.25, -0.2) is 4.79 Å². The maximum Gasteiger partial charge on any atom is 0.338 e. The number of hydrogen-bond acceptors (Lipinski definition) is 3. The molecule has 232 valence electrons. The third-order valence-electron chi connectivity index (χ3n) is 13.4. The van der Waals surface area contributed by atoms with Gasteiger partial charge in [0.2, 0.25) is 0 Å². The normalized spacial score (nSPS) is 39.1. The van der Waals surface area contributed by atoms with Crippen LogP contribution < -0.4 is 0 Å². The smallest absolute Gasteiger partial charge is 0.338 e. The molecule has 3 saturated carbocycles. The second-order valence-electron chi connectivity index (χ2n) is 16.2. The highest BCUT2D eigenvalue weighted by Crippen LogP contribution is 2.68. The number of carbonyl (C=O) groups is 1. The molecule has 42 heavy (non-hydrogen) atoms. The predicted octanol–water partition coefficient (Wildman–Crippen LogP) is 9.72. The fourth-order valence-corrected chi connectivity index (χ4v) is 11.1. The molecule has 0 radical (unpaired) electrons. The number of carbonyl (C=O) groups excluding carboxylic acids is 1. The van der Waals surface area contributed by atoms with Crippen molar-refractivity contribution >= 4 is 5.97 Å². The van der Waals surface area contributed by atoms with Crippen LogP contribution in [0.25, 0.3) is 0 Å². The molecular weight excluding hydrogens is 514 g/mol. The molecule has 1 aromatic rings. The molecule has 1 saturated heterocycles. The quantitative estimate of drug-likeness (QED) is 0.229. The first-order valence-corrected chi connectivity index (χ1v) is 17.9. The van der Waals surface area contributed by atoms with Gasteiger partial charge in [-0.05, 0) is 123 Å². The third-order valence-corrected chi connectivity index (χ3v) is 13.4. The molecule has 0 aromatic heterocycles. The van der Waals surface area contributed by atoms with Gasteiger partial charge in [0.1, 0.15) is 6.10 Å². The first-order valence-electron chi connectivity index (χ1n) is 17.9. The van der Waals surface area contributed by atoms with Gasteiger partial charge < -0.3 is 4.74 Å². The lowest BCUT2D eigenvalue weighted by molar-refractivity contribution is -0.0881. The number of rotatable bonds is 8. The number of likely N-dealkylation sites (tertiary alicyclic amines) is 1. The SMILES string of the molecule is CC(C)CCC[C@H](C)[C@@H]1CC[C@@H]2[C@H]3[C@H](N4CCCCC4)C=C4C[C@H](OC(=O)c5ccccc5)CC[C@]4(C)[C@H]3CC[C@@]21C. The molecule has 1 aromatic carbocycles. The first kappa shape index (κ1) is 30.4. The van der Waals surface area contributed by atoms with E-state index in [0.29, 0.717) is 17.0 Å². The number of fused-ring (bicyclic) bond motifs is 5. The van der Waals surface area contributed by atoms with Crippen LogP contribution in [0.15, 0.2) is 42.0 Å². The fourth-order valence-electron chi connectivity index (χ4n) is 11.1. The van der Waals surface area contributed by atoms with Crippen molar-refractivity contribution in [2.24, 2.45) is 46.3 Å². The monoisotopic (exact) mass is 573 g/mol. The van der Waals surface area contributed by atoms with E-state index in [1.807, 2.05) is 30.3 Å². The summed E-state index contributed by atoms with van der Waals surface area (Å²) in [6, 6.07) is 10.1. The van der Waals surface area contributed by atoms with Gasteiger partial charge >= 0.3 is 5.97 Å². The Balaban J connectivity index is 1.25. The van der Waals surface area contributed by atoms with Crippen LogP contribution in [-0.4, -0.2) is 36.1 Å². The Morgan fingerprint density at radius 3 is 2.43 bits per heavy atom. The van der Waals surface area contributed by atoms with Gasteiger partial charge in [-0.3, -0.25) is 4.90 Å². The summed E-state index contributed by atoms with van der Waals surface area (Å²) in [6.07, 6.45) is 19.9. The Bertz CT molecular complexity index is 1100. The first-order chi connectivity index (χ1) is 20.2. The summed E-state index contributed by atoms with van der Waals surface area (Å²) in [6.45, 7) is 15.2. The number of esters is 1. The molecule has 0 N–H and O–H groups in total. The van der Waals surface area contributed by atoms with Crippen LogP contribution in [0.1, 0.15) is 128 Å². The van der Waals surface area contributed by atoms with Crippen LogP contribution in [0.3, 0.4) is 0 Å². The second kappa shape index (κ2) is 12.4. The van der Waals surface area contributed by atoms with E-state index in [2.05, 4.69) is 45.6 Å². The lowest BCUT2D eigenvalue weighted by Crippen LogP contribution is -2.59. The van der Waals surface area contributed by atoms with Crippen LogP contribution in [-0.2, 0) is 4.74 Å². The van der Waals surface area contributed by atoms with E-state index in [4.69, 9.17) is 4.74 Å². The maximum absolute atomic E-state index is 13.0. The molecule has 3 nitrogen and oxygen atoms in total. The van der Waals surface area contributed by atoms with Gasteiger partial charge in [-0.1, -0.05) is 90.2 Å².